The van der Waals surface area contributed by atoms with Crippen LogP contribution in [0, 0.1) is 0 Å². The summed E-state index contributed by atoms with van der Waals surface area (Å²) < 4.78 is 28.0. The van der Waals surface area contributed by atoms with E-state index in [2.05, 4.69) is 10.2 Å². The Morgan fingerprint density at radius 2 is 2.00 bits per heavy atom. The Bertz CT molecular complexity index is 557. The number of aromatic amines is 1. The lowest BCUT2D eigenvalue weighted by Crippen LogP contribution is -2.25. The first-order chi connectivity index (χ1) is 8.06. The fraction of sp³-hybridized carbons (Fsp3) is 0.600. The van der Waals surface area contributed by atoms with E-state index in [9.17, 15) is 13.2 Å². The van der Waals surface area contributed by atoms with E-state index in [1.54, 1.807) is 27.7 Å². The number of aromatic nitrogens is 2. The Morgan fingerprint density at radius 1 is 1.44 bits per heavy atom. The van der Waals surface area contributed by atoms with E-state index in [0.717, 1.165) is 0 Å². The highest BCUT2D eigenvalue weighted by Crippen LogP contribution is 2.24. The van der Waals surface area contributed by atoms with Gasteiger partial charge in [0.05, 0.1) is 5.69 Å². The van der Waals surface area contributed by atoms with Crippen molar-refractivity contribution in [2.45, 2.75) is 44.6 Å². The van der Waals surface area contributed by atoms with Crippen LogP contribution in [0.15, 0.2) is 4.90 Å². The molecule has 0 unspecified atom stereocenters. The van der Waals surface area contributed by atoms with Crippen molar-refractivity contribution in [3.8, 4) is 0 Å². The molecule has 0 aliphatic carbocycles. The number of nitrogens with zero attached hydrogens (tertiary/aromatic N) is 1. The van der Waals surface area contributed by atoms with Crippen LogP contribution in [0.2, 0.25) is 0 Å². The Kier molecular flexibility index (Phi) is 4.07. The largest absolute Gasteiger partial charge is 0.455 e. The van der Waals surface area contributed by atoms with Crippen LogP contribution in [0.25, 0.3) is 0 Å². The summed E-state index contributed by atoms with van der Waals surface area (Å²) in [5.74, 6) is -0.822. The first-order valence-electron chi connectivity index (χ1n) is 5.31. The van der Waals surface area contributed by atoms with Gasteiger partial charge in [-0.1, -0.05) is 6.92 Å². The molecule has 0 saturated carbocycles. The number of H-pyrrole nitrogens is 1. The van der Waals surface area contributed by atoms with Gasteiger partial charge in [-0.2, -0.15) is 5.10 Å². The minimum Gasteiger partial charge on any atom is -0.455 e. The number of halogens is 1. The van der Waals surface area contributed by atoms with Crippen LogP contribution in [0.4, 0.5) is 0 Å². The summed E-state index contributed by atoms with van der Waals surface area (Å²) in [6.07, 6.45) is 0.358. The molecule has 0 fully saturated rings. The Balaban J connectivity index is 3.27. The average Bonchev–Trinajstić information content (AvgIpc) is 2.57. The third kappa shape index (κ3) is 3.46. The zero-order chi connectivity index (χ0) is 14.1. The molecule has 0 saturated heterocycles. The number of ether oxygens (including phenoxy) is 1. The molecule has 0 aliphatic heterocycles. The normalized spacial score (nSPS) is 12.5. The van der Waals surface area contributed by atoms with Crippen molar-refractivity contribution < 1.29 is 17.9 Å². The number of carbonyl (C=O) groups excluding carboxylic acids is 1. The molecule has 1 aromatic rings. The molecule has 0 amide bonds. The van der Waals surface area contributed by atoms with Gasteiger partial charge in [0.25, 0.3) is 9.05 Å². The minimum atomic E-state index is -4.06. The highest BCUT2D eigenvalue weighted by Gasteiger charge is 2.30. The first-order valence-corrected chi connectivity index (χ1v) is 7.62. The van der Waals surface area contributed by atoms with E-state index in [4.69, 9.17) is 15.4 Å². The molecule has 0 bridgehead atoms. The second-order valence-electron chi connectivity index (χ2n) is 4.67. The SMILES string of the molecule is CCc1[nH]nc(C(=O)OC(C)(C)C)c1S(=O)(=O)Cl. The Labute approximate surface area is 110 Å². The summed E-state index contributed by atoms with van der Waals surface area (Å²) in [7, 11) is 1.25. The van der Waals surface area contributed by atoms with Gasteiger partial charge < -0.3 is 4.74 Å². The van der Waals surface area contributed by atoms with Gasteiger partial charge in [0.1, 0.15) is 10.5 Å². The Hall–Kier alpha value is -1.08. The molecule has 6 nitrogen and oxygen atoms in total. The fourth-order valence-corrected chi connectivity index (χ4v) is 2.68. The van der Waals surface area contributed by atoms with Crippen LogP contribution in [-0.2, 0) is 20.2 Å². The van der Waals surface area contributed by atoms with Gasteiger partial charge in [-0.3, -0.25) is 5.10 Å². The predicted molar refractivity (Wildman–Crippen MR) is 66.2 cm³/mol. The van der Waals surface area contributed by atoms with E-state index in [1.807, 2.05) is 0 Å². The van der Waals surface area contributed by atoms with Gasteiger partial charge >= 0.3 is 5.97 Å². The maximum absolute atomic E-state index is 11.8. The lowest BCUT2D eigenvalue weighted by atomic mass is 10.2. The number of esters is 1. The molecule has 1 aromatic heterocycles. The van der Waals surface area contributed by atoms with Crippen molar-refractivity contribution >= 4 is 25.7 Å². The van der Waals surface area contributed by atoms with Crippen molar-refractivity contribution in [1.82, 2.24) is 10.2 Å². The number of carbonyl (C=O) groups is 1. The fourth-order valence-electron chi connectivity index (χ4n) is 1.33. The third-order valence-electron chi connectivity index (χ3n) is 1.98. The third-order valence-corrected chi connectivity index (χ3v) is 3.37. The molecular weight excluding hydrogens is 280 g/mol. The van der Waals surface area contributed by atoms with Crippen LogP contribution in [-0.4, -0.2) is 30.2 Å². The maximum Gasteiger partial charge on any atom is 0.360 e. The van der Waals surface area contributed by atoms with E-state index in [0.29, 0.717) is 6.42 Å². The summed E-state index contributed by atoms with van der Waals surface area (Å²) in [6.45, 7) is 6.74. The summed E-state index contributed by atoms with van der Waals surface area (Å²) in [5.41, 5.74) is -0.766. The van der Waals surface area contributed by atoms with Crippen molar-refractivity contribution in [1.29, 1.82) is 0 Å². The number of rotatable bonds is 3. The number of aryl methyl sites for hydroxylation is 1. The molecule has 102 valence electrons. The zero-order valence-electron chi connectivity index (χ0n) is 10.6. The van der Waals surface area contributed by atoms with Crippen molar-refractivity contribution in [3.05, 3.63) is 11.4 Å². The molecule has 0 radical (unpaired) electrons. The quantitative estimate of drug-likeness (QED) is 0.679. The maximum atomic E-state index is 11.8. The smallest absolute Gasteiger partial charge is 0.360 e. The number of nitrogens with one attached hydrogen (secondary N) is 1. The standard InChI is InChI=1S/C10H15ClN2O4S/c1-5-6-8(18(11,15)16)7(13-12-6)9(14)17-10(2,3)4/h5H2,1-4H3,(H,12,13). The summed E-state index contributed by atoms with van der Waals surface area (Å²) >= 11 is 0. The molecule has 0 aromatic carbocycles. The monoisotopic (exact) mass is 294 g/mol. The van der Waals surface area contributed by atoms with E-state index >= 15 is 0 Å². The highest BCUT2D eigenvalue weighted by molar-refractivity contribution is 8.13. The summed E-state index contributed by atoms with van der Waals surface area (Å²) in [4.78, 5) is 11.5. The molecule has 1 rings (SSSR count). The molecule has 0 atom stereocenters. The second kappa shape index (κ2) is 4.89. The lowest BCUT2D eigenvalue weighted by molar-refractivity contribution is 0.00584. The molecular formula is C10H15ClN2O4S. The zero-order valence-corrected chi connectivity index (χ0v) is 12.1. The van der Waals surface area contributed by atoms with Crippen molar-refractivity contribution in [2.75, 3.05) is 0 Å². The number of hydrogen-bond acceptors (Lipinski definition) is 5. The average molecular weight is 295 g/mol. The lowest BCUT2D eigenvalue weighted by Gasteiger charge is -2.18. The molecule has 18 heavy (non-hydrogen) atoms. The summed E-state index contributed by atoms with van der Waals surface area (Å²) in [5, 5.41) is 6.16. The minimum absolute atomic E-state index is 0.283. The van der Waals surface area contributed by atoms with E-state index < -0.39 is 20.6 Å². The molecule has 1 heterocycles. The molecule has 8 heteroatoms. The van der Waals surface area contributed by atoms with Crippen LogP contribution >= 0.6 is 10.7 Å². The Morgan fingerprint density at radius 3 is 2.39 bits per heavy atom. The molecule has 0 aliphatic rings. The van der Waals surface area contributed by atoms with Gasteiger partial charge in [-0.25, -0.2) is 13.2 Å². The van der Waals surface area contributed by atoms with Crippen LogP contribution < -0.4 is 0 Å². The predicted octanol–water partition coefficient (Wildman–Crippen LogP) is 1.85. The first kappa shape index (κ1) is 15.0. The van der Waals surface area contributed by atoms with Crippen LogP contribution in [0.5, 0.6) is 0 Å². The van der Waals surface area contributed by atoms with Gasteiger partial charge in [0, 0.05) is 10.7 Å². The highest BCUT2D eigenvalue weighted by atomic mass is 35.7. The summed E-state index contributed by atoms with van der Waals surface area (Å²) in [6, 6.07) is 0. The van der Waals surface area contributed by atoms with E-state index in [1.165, 1.54) is 0 Å². The topological polar surface area (TPSA) is 89.1 Å². The van der Waals surface area contributed by atoms with Gasteiger partial charge in [-0.15, -0.1) is 0 Å². The van der Waals surface area contributed by atoms with Crippen LogP contribution in [0.1, 0.15) is 43.9 Å². The van der Waals surface area contributed by atoms with E-state index in [-0.39, 0.29) is 16.3 Å². The second-order valence-corrected chi connectivity index (χ2v) is 7.18. The number of hydrogen-bond donors (Lipinski definition) is 1. The molecule has 1 N–H and O–H groups in total. The van der Waals surface area contributed by atoms with Gasteiger partial charge in [0.15, 0.2) is 5.69 Å². The van der Waals surface area contributed by atoms with Gasteiger partial charge in [-0.05, 0) is 27.2 Å². The van der Waals surface area contributed by atoms with Crippen molar-refractivity contribution in [3.63, 3.8) is 0 Å². The van der Waals surface area contributed by atoms with Crippen LogP contribution in [0.3, 0.4) is 0 Å². The molecule has 0 spiro atoms. The van der Waals surface area contributed by atoms with Crippen molar-refractivity contribution in [2.24, 2.45) is 0 Å². The van der Waals surface area contributed by atoms with Gasteiger partial charge in [0.2, 0.25) is 0 Å².